The summed E-state index contributed by atoms with van der Waals surface area (Å²) in [6.45, 7) is 6.22. The number of aromatic nitrogens is 1. The number of amides is 1. The van der Waals surface area contributed by atoms with Crippen molar-refractivity contribution < 1.29 is 22.7 Å². The largest absolute Gasteiger partial charge is 0.448 e. The number of thioether (sulfide) groups is 1. The van der Waals surface area contributed by atoms with E-state index in [9.17, 15) is 18.0 Å². The number of pyridine rings is 1. The molecule has 0 unspecified atom stereocenters. The Kier molecular flexibility index (Phi) is 7.40. The van der Waals surface area contributed by atoms with Gasteiger partial charge in [0.1, 0.15) is 0 Å². The number of rotatable bonds is 6. The summed E-state index contributed by atoms with van der Waals surface area (Å²) in [6.07, 6.45) is 4.23. The highest BCUT2D eigenvalue weighted by Gasteiger charge is 2.47. The second-order valence-electron chi connectivity index (χ2n) is 9.36. The number of benzene rings is 1. The average Bonchev–Trinajstić information content (AvgIpc) is 3.19. The molecule has 1 saturated heterocycles. The van der Waals surface area contributed by atoms with Gasteiger partial charge in [0.25, 0.3) is 17.3 Å². The molecule has 4 rings (SSSR count). The summed E-state index contributed by atoms with van der Waals surface area (Å²) in [6, 6.07) is 3.42. The van der Waals surface area contributed by atoms with Gasteiger partial charge in [0, 0.05) is 59.8 Å². The van der Waals surface area contributed by atoms with Crippen LogP contribution in [0.3, 0.4) is 0 Å². The van der Waals surface area contributed by atoms with Crippen molar-refractivity contribution >= 4 is 39.3 Å². The van der Waals surface area contributed by atoms with Crippen molar-refractivity contribution in [3.8, 4) is 11.5 Å². The fourth-order valence-corrected chi connectivity index (χ4v) is 6.57. The lowest BCUT2D eigenvalue weighted by atomic mass is 9.90. The van der Waals surface area contributed by atoms with Crippen LogP contribution in [0.5, 0.6) is 11.5 Å². The lowest BCUT2D eigenvalue weighted by Gasteiger charge is -2.37. The highest BCUT2D eigenvalue weighted by Crippen LogP contribution is 2.51. The molecule has 3 heterocycles. The first kappa shape index (κ1) is 26.8. The minimum atomic E-state index is -3.25. The van der Waals surface area contributed by atoms with Crippen molar-refractivity contribution in [3.63, 3.8) is 0 Å². The number of piperidine rings is 1. The van der Waals surface area contributed by atoms with Crippen LogP contribution in [-0.2, 0) is 16.6 Å². The molecule has 9 nitrogen and oxygen atoms in total. The van der Waals surface area contributed by atoms with Crippen molar-refractivity contribution in [2.75, 3.05) is 25.6 Å². The molecule has 1 atom stereocenters. The normalized spacial score (nSPS) is 20.5. The Morgan fingerprint density at radius 2 is 1.89 bits per heavy atom. The maximum atomic E-state index is 13.1. The van der Waals surface area contributed by atoms with Crippen LogP contribution >= 0.6 is 23.4 Å². The molecule has 1 aromatic heterocycles. The van der Waals surface area contributed by atoms with E-state index in [0.29, 0.717) is 54.1 Å². The van der Waals surface area contributed by atoms with Gasteiger partial charge in [-0.25, -0.2) is 12.7 Å². The number of hydrogen-bond donors (Lipinski definition) is 2. The van der Waals surface area contributed by atoms with Crippen LogP contribution in [0.4, 0.5) is 0 Å². The third-order valence-electron chi connectivity index (χ3n) is 6.83. The van der Waals surface area contributed by atoms with E-state index in [4.69, 9.17) is 21.1 Å². The van der Waals surface area contributed by atoms with Crippen LogP contribution in [0.15, 0.2) is 21.8 Å². The number of fused-ring (bicyclic) bond motifs is 1. The minimum absolute atomic E-state index is 0.0612. The van der Waals surface area contributed by atoms with Crippen LogP contribution < -0.4 is 20.3 Å². The standard InChI is InChI=1S/C24H30ClN3O6S2/c1-13-10-19(35-4)17(23(30)27-13)12-26-22(29)16-11-18(25)21-20(14(16)2)33-24(3,34-21)15-6-8-28(9-7-15)36(5,31)32/h10-11,15H,6-9,12H2,1-5H3,(H,26,29)(H,27,30)/t24-/m0/s1. The molecule has 196 valence electrons. The Labute approximate surface area is 219 Å². The van der Waals surface area contributed by atoms with E-state index in [0.717, 1.165) is 10.6 Å². The van der Waals surface area contributed by atoms with Crippen molar-refractivity contribution in [3.05, 3.63) is 49.9 Å². The van der Waals surface area contributed by atoms with Gasteiger partial charge in [-0.1, -0.05) is 11.6 Å². The Hall–Kier alpha value is -2.21. The number of hydrogen-bond acceptors (Lipinski definition) is 7. The Balaban J connectivity index is 1.53. The van der Waals surface area contributed by atoms with Gasteiger partial charge in [0.2, 0.25) is 10.0 Å². The first-order valence-electron chi connectivity index (χ1n) is 11.5. The Morgan fingerprint density at radius 1 is 1.25 bits per heavy atom. The van der Waals surface area contributed by atoms with Gasteiger partial charge in [0.05, 0.1) is 11.3 Å². The third kappa shape index (κ3) is 5.11. The maximum absolute atomic E-state index is 13.1. The second kappa shape index (κ2) is 9.92. The SMILES string of the molecule is CSc1cc(C)[nH]c(=O)c1CNC(=O)c1cc(Cl)c2c(c1C)O[C@](C)(C1CCN(S(C)(=O)=O)CC1)O2. The molecule has 2 aromatic rings. The molecule has 0 saturated carbocycles. The van der Waals surface area contributed by atoms with E-state index < -0.39 is 15.8 Å². The zero-order valence-corrected chi connectivity index (χ0v) is 23.2. The number of carbonyl (C=O) groups is 1. The zero-order chi connectivity index (χ0) is 26.4. The van der Waals surface area contributed by atoms with Gasteiger partial charge < -0.3 is 19.8 Å². The summed E-state index contributed by atoms with van der Waals surface area (Å²) < 4.78 is 37.6. The van der Waals surface area contributed by atoms with Crippen molar-refractivity contribution in [2.24, 2.45) is 5.92 Å². The molecule has 1 aromatic carbocycles. The van der Waals surface area contributed by atoms with Crippen LogP contribution in [0, 0.1) is 19.8 Å². The van der Waals surface area contributed by atoms with Gasteiger partial charge in [0.15, 0.2) is 11.5 Å². The molecule has 2 aliphatic rings. The van der Waals surface area contributed by atoms with Gasteiger partial charge in [-0.15, -0.1) is 11.8 Å². The van der Waals surface area contributed by atoms with Crippen molar-refractivity contribution in [1.82, 2.24) is 14.6 Å². The number of carbonyl (C=O) groups excluding carboxylic acids is 1. The summed E-state index contributed by atoms with van der Waals surface area (Å²) in [5.74, 6) is -0.702. The number of aryl methyl sites for hydroxylation is 1. The van der Waals surface area contributed by atoms with E-state index in [1.807, 2.05) is 26.2 Å². The second-order valence-corrected chi connectivity index (χ2v) is 12.6. The van der Waals surface area contributed by atoms with E-state index in [2.05, 4.69) is 10.3 Å². The Bertz CT molecular complexity index is 1370. The first-order chi connectivity index (χ1) is 16.8. The zero-order valence-electron chi connectivity index (χ0n) is 20.9. The number of aromatic amines is 1. The molecular formula is C24H30ClN3O6S2. The topological polar surface area (TPSA) is 118 Å². The number of nitrogens with zero attached hydrogens (tertiary/aromatic N) is 1. The molecule has 0 aliphatic carbocycles. The highest BCUT2D eigenvalue weighted by atomic mass is 35.5. The predicted octanol–water partition coefficient (Wildman–Crippen LogP) is 3.46. The average molecular weight is 556 g/mol. The molecule has 1 fully saturated rings. The van der Waals surface area contributed by atoms with Crippen molar-refractivity contribution in [1.29, 1.82) is 0 Å². The fraction of sp³-hybridized carbons (Fsp3) is 0.500. The monoisotopic (exact) mass is 555 g/mol. The van der Waals surface area contributed by atoms with Gasteiger partial charge >= 0.3 is 0 Å². The molecule has 0 bridgehead atoms. The fourth-order valence-electron chi connectivity index (χ4n) is 4.76. The minimum Gasteiger partial charge on any atom is -0.448 e. The summed E-state index contributed by atoms with van der Waals surface area (Å²) in [4.78, 5) is 29.1. The van der Waals surface area contributed by atoms with Crippen LogP contribution in [-0.4, -0.2) is 55.0 Å². The molecule has 36 heavy (non-hydrogen) atoms. The maximum Gasteiger partial charge on any atom is 0.254 e. The molecular weight excluding hydrogens is 526 g/mol. The van der Waals surface area contributed by atoms with Gasteiger partial charge in [-0.2, -0.15) is 0 Å². The van der Waals surface area contributed by atoms with Gasteiger partial charge in [-0.3, -0.25) is 9.59 Å². The van der Waals surface area contributed by atoms with Crippen LogP contribution in [0.25, 0.3) is 0 Å². The number of H-pyrrole nitrogens is 1. The first-order valence-corrected chi connectivity index (χ1v) is 15.0. The van der Waals surface area contributed by atoms with Crippen molar-refractivity contribution in [2.45, 2.75) is 50.8 Å². The highest BCUT2D eigenvalue weighted by molar-refractivity contribution is 7.98. The smallest absolute Gasteiger partial charge is 0.254 e. The molecule has 2 aliphatic heterocycles. The van der Waals surface area contributed by atoms with E-state index >= 15 is 0 Å². The van der Waals surface area contributed by atoms with Crippen LogP contribution in [0.2, 0.25) is 5.02 Å². The number of ether oxygens (including phenoxy) is 2. The number of nitrogens with one attached hydrogen (secondary N) is 2. The molecule has 0 radical (unpaired) electrons. The predicted molar refractivity (Wildman–Crippen MR) is 140 cm³/mol. The summed E-state index contributed by atoms with van der Waals surface area (Å²) in [5.41, 5.74) is 1.90. The summed E-state index contributed by atoms with van der Waals surface area (Å²) >= 11 is 7.96. The summed E-state index contributed by atoms with van der Waals surface area (Å²) in [5, 5.41) is 3.07. The van der Waals surface area contributed by atoms with E-state index in [-0.39, 0.29) is 29.0 Å². The lowest BCUT2D eigenvalue weighted by molar-refractivity contribution is -0.121. The number of sulfonamides is 1. The molecule has 12 heteroatoms. The van der Waals surface area contributed by atoms with E-state index in [1.54, 1.807) is 13.0 Å². The van der Waals surface area contributed by atoms with Crippen LogP contribution in [0.1, 0.15) is 46.9 Å². The Morgan fingerprint density at radius 3 is 2.50 bits per heavy atom. The summed E-state index contributed by atoms with van der Waals surface area (Å²) in [7, 11) is -3.25. The van der Waals surface area contributed by atoms with E-state index in [1.165, 1.54) is 22.3 Å². The molecule has 0 spiro atoms. The lowest BCUT2D eigenvalue weighted by Crippen LogP contribution is -2.49. The molecule has 2 N–H and O–H groups in total. The van der Waals surface area contributed by atoms with Gasteiger partial charge in [-0.05, 0) is 45.1 Å². The number of halogens is 1. The third-order valence-corrected chi connectivity index (χ3v) is 9.22. The quantitative estimate of drug-likeness (QED) is 0.524. The molecule has 1 amide bonds.